The summed E-state index contributed by atoms with van der Waals surface area (Å²) in [6.07, 6.45) is 4.92. The standard InChI is InChI=1S/C32H38BN3O/c1-2-3-4-11-22-30(37)32(33-34-28-20-12-18-27-19-13-21-29(35-33)31(27)28)36(23-25-14-7-5-8-15-25)24-26-16-9-6-10-17-26/h5-10,12-21,30,32,34-35,37H,2-4,11,22-24H2,1H3/t30-,32-/m1/s1. The van der Waals surface area contributed by atoms with Gasteiger partial charge in [-0.25, -0.2) is 0 Å². The van der Waals surface area contributed by atoms with Crippen molar-refractivity contribution in [2.45, 2.75) is 64.2 Å². The molecule has 1 heterocycles. The molecule has 37 heavy (non-hydrogen) atoms. The fraction of sp³-hybridized carbons (Fsp3) is 0.312. The largest absolute Gasteiger partial charge is 0.408 e. The number of aliphatic hydroxyl groups excluding tert-OH is 1. The molecule has 0 saturated heterocycles. The lowest BCUT2D eigenvalue weighted by molar-refractivity contribution is 0.0698. The summed E-state index contributed by atoms with van der Waals surface area (Å²) in [6.45, 7) is 3.62. The number of hydrogen-bond acceptors (Lipinski definition) is 4. The molecule has 1 aliphatic heterocycles. The third-order valence-corrected chi connectivity index (χ3v) is 7.49. The first-order valence-electron chi connectivity index (χ1n) is 13.8. The van der Waals surface area contributed by atoms with Crippen LogP contribution < -0.4 is 10.5 Å². The van der Waals surface area contributed by atoms with Gasteiger partial charge in [-0.1, -0.05) is 118 Å². The van der Waals surface area contributed by atoms with Crippen LogP contribution in [-0.4, -0.2) is 29.0 Å². The van der Waals surface area contributed by atoms with Crippen LogP contribution in [0.3, 0.4) is 0 Å². The minimum Gasteiger partial charge on any atom is -0.408 e. The molecule has 4 aromatic carbocycles. The first-order valence-corrected chi connectivity index (χ1v) is 13.8. The zero-order valence-corrected chi connectivity index (χ0v) is 21.8. The van der Waals surface area contributed by atoms with E-state index in [2.05, 4.69) is 119 Å². The Labute approximate surface area is 221 Å². The maximum atomic E-state index is 11.8. The van der Waals surface area contributed by atoms with Gasteiger partial charge < -0.3 is 15.6 Å². The van der Waals surface area contributed by atoms with Crippen molar-refractivity contribution < 1.29 is 5.11 Å². The molecule has 3 N–H and O–H groups in total. The smallest absolute Gasteiger partial charge is 0.391 e. The summed E-state index contributed by atoms with van der Waals surface area (Å²) in [4.78, 5) is 2.45. The zero-order valence-electron chi connectivity index (χ0n) is 21.8. The molecule has 0 fully saturated rings. The summed E-state index contributed by atoms with van der Waals surface area (Å²) in [5, 5.41) is 21.8. The number of anilines is 2. The van der Waals surface area contributed by atoms with Gasteiger partial charge in [-0.05, 0) is 35.1 Å². The van der Waals surface area contributed by atoms with Gasteiger partial charge in [-0.15, -0.1) is 0 Å². The minimum atomic E-state index is -0.473. The van der Waals surface area contributed by atoms with Gasteiger partial charge in [-0.2, -0.15) is 0 Å². The molecule has 5 heteroatoms. The van der Waals surface area contributed by atoms with Crippen LogP contribution in [0.2, 0.25) is 0 Å². The Morgan fingerprint density at radius 2 is 1.27 bits per heavy atom. The van der Waals surface area contributed by atoms with E-state index in [0.29, 0.717) is 0 Å². The van der Waals surface area contributed by atoms with Crippen molar-refractivity contribution in [1.29, 1.82) is 0 Å². The number of hydrogen-bond donors (Lipinski definition) is 3. The second kappa shape index (κ2) is 12.3. The molecule has 2 atom stereocenters. The lowest BCUT2D eigenvalue weighted by Gasteiger charge is -2.41. The van der Waals surface area contributed by atoms with E-state index in [-0.39, 0.29) is 12.9 Å². The van der Waals surface area contributed by atoms with Crippen molar-refractivity contribution in [3.8, 4) is 0 Å². The molecule has 0 unspecified atom stereocenters. The lowest BCUT2D eigenvalue weighted by Crippen LogP contribution is -2.60. The average molecular weight is 491 g/mol. The lowest BCUT2D eigenvalue weighted by atomic mass is 9.61. The Balaban J connectivity index is 1.49. The molecule has 0 amide bonds. The highest BCUT2D eigenvalue weighted by Crippen LogP contribution is 2.35. The number of aliphatic hydroxyl groups is 1. The molecule has 0 aromatic heterocycles. The Hall–Kier alpha value is -3.28. The van der Waals surface area contributed by atoms with Crippen molar-refractivity contribution in [3.05, 3.63) is 108 Å². The molecular weight excluding hydrogens is 453 g/mol. The number of rotatable bonds is 12. The maximum Gasteiger partial charge on any atom is 0.391 e. The van der Waals surface area contributed by atoms with E-state index in [9.17, 15) is 5.11 Å². The second-order valence-corrected chi connectivity index (χ2v) is 10.3. The molecule has 0 spiro atoms. The number of nitrogens with zero attached hydrogens (tertiary/aromatic N) is 1. The van der Waals surface area contributed by atoms with Gasteiger partial charge >= 0.3 is 6.98 Å². The van der Waals surface area contributed by atoms with Crippen molar-refractivity contribution in [3.63, 3.8) is 0 Å². The molecule has 190 valence electrons. The van der Waals surface area contributed by atoms with Gasteiger partial charge in [0.15, 0.2) is 0 Å². The van der Waals surface area contributed by atoms with Crippen LogP contribution >= 0.6 is 0 Å². The molecule has 0 aliphatic carbocycles. The summed E-state index contributed by atoms with van der Waals surface area (Å²) in [6, 6.07) is 34.1. The van der Waals surface area contributed by atoms with Crippen LogP contribution in [0.1, 0.15) is 50.2 Å². The van der Waals surface area contributed by atoms with Crippen LogP contribution in [0.15, 0.2) is 97.1 Å². The van der Waals surface area contributed by atoms with Crippen molar-refractivity contribution in [2.75, 3.05) is 10.5 Å². The van der Waals surface area contributed by atoms with Crippen LogP contribution in [-0.2, 0) is 13.1 Å². The Morgan fingerprint density at radius 3 is 1.81 bits per heavy atom. The minimum absolute atomic E-state index is 0.130. The van der Waals surface area contributed by atoms with E-state index in [4.69, 9.17) is 0 Å². The monoisotopic (exact) mass is 491 g/mol. The number of unbranched alkanes of at least 4 members (excludes halogenated alkanes) is 3. The highest BCUT2D eigenvalue weighted by molar-refractivity contribution is 6.69. The normalized spacial score (nSPS) is 14.3. The second-order valence-electron chi connectivity index (χ2n) is 10.3. The summed E-state index contributed by atoms with van der Waals surface area (Å²) < 4.78 is 0. The number of benzene rings is 4. The van der Waals surface area contributed by atoms with Gasteiger partial charge in [0, 0.05) is 29.9 Å². The van der Waals surface area contributed by atoms with E-state index in [1.54, 1.807) is 0 Å². The number of nitrogens with one attached hydrogen (secondary N) is 2. The van der Waals surface area contributed by atoms with E-state index in [1.165, 1.54) is 34.7 Å². The van der Waals surface area contributed by atoms with Crippen LogP contribution in [0, 0.1) is 0 Å². The van der Waals surface area contributed by atoms with Crippen molar-refractivity contribution in [2.24, 2.45) is 0 Å². The zero-order chi connectivity index (χ0) is 25.5. The highest BCUT2D eigenvalue weighted by atomic mass is 16.3. The molecule has 1 aliphatic rings. The molecule has 4 nitrogen and oxygen atoms in total. The van der Waals surface area contributed by atoms with Gasteiger partial charge in [0.1, 0.15) is 0 Å². The molecule has 0 saturated carbocycles. The molecule has 5 rings (SSSR count). The van der Waals surface area contributed by atoms with Gasteiger partial charge in [0.2, 0.25) is 0 Å². The average Bonchev–Trinajstić information content (AvgIpc) is 2.93. The van der Waals surface area contributed by atoms with Crippen molar-refractivity contribution >= 4 is 29.1 Å². The highest BCUT2D eigenvalue weighted by Gasteiger charge is 2.40. The Morgan fingerprint density at radius 1 is 0.703 bits per heavy atom. The first kappa shape index (κ1) is 25.4. The van der Waals surface area contributed by atoms with Crippen LogP contribution in [0.5, 0.6) is 0 Å². The predicted molar refractivity (Wildman–Crippen MR) is 158 cm³/mol. The molecule has 4 aromatic rings. The summed E-state index contributed by atoms with van der Waals surface area (Å²) >= 11 is 0. The maximum absolute atomic E-state index is 11.8. The summed E-state index contributed by atoms with van der Waals surface area (Å²) in [7, 11) is 0. The van der Waals surface area contributed by atoms with E-state index < -0.39 is 6.10 Å². The molecule has 0 bridgehead atoms. The predicted octanol–water partition coefficient (Wildman–Crippen LogP) is 7.11. The van der Waals surface area contributed by atoms with E-state index in [1.807, 2.05) is 0 Å². The first-order chi connectivity index (χ1) is 18.2. The third-order valence-electron chi connectivity index (χ3n) is 7.49. The fourth-order valence-electron chi connectivity index (χ4n) is 5.65. The van der Waals surface area contributed by atoms with Gasteiger partial charge in [-0.3, -0.25) is 4.90 Å². The van der Waals surface area contributed by atoms with Crippen LogP contribution in [0.25, 0.3) is 10.8 Å². The van der Waals surface area contributed by atoms with E-state index >= 15 is 0 Å². The van der Waals surface area contributed by atoms with Crippen molar-refractivity contribution in [1.82, 2.24) is 4.90 Å². The van der Waals surface area contributed by atoms with Crippen LogP contribution in [0.4, 0.5) is 11.4 Å². The fourth-order valence-corrected chi connectivity index (χ4v) is 5.65. The quantitative estimate of drug-likeness (QED) is 0.146. The summed E-state index contributed by atoms with van der Waals surface area (Å²) in [5.74, 6) is -0.134. The SMILES string of the molecule is CCCCCC[C@@H](O)[C@H](B1Nc2cccc3cccc(c23)N1)N(Cc1ccccc1)Cc1ccccc1. The Bertz CT molecular complexity index is 1180. The molecular formula is C32H38BN3O. The summed E-state index contributed by atoms with van der Waals surface area (Å²) in [5.41, 5.74) is 4.75. The molecule has 0 radical (unpaired) electrons. The topological polar surface area (TPSA) is 47.5 Å². The third kappa shape index (κ3) is 6.18. The van der Waals surface area contributed by atoms with Gasteiger partial charge in [0.25, 0.3) is 0 Å². The Kier molecular flexibility index (Phi) is 8.44. The van der Waals surface area contributed by atoms with Gasteiger partial charge in [0.05, 0.1) is 12.0 Å². The van der Waals surface area contributed by atoms with E-state index in [0.717, 1.165) is 43.7 Å².